The highest BCUT2D eigenvalue weighted by atomic mass is 16.3. The minimum Gasteiger partial charge on any atom is -0.387 e. The van der Waals surface area contributed by atoms with E-state index in [0.717, 1.165) is 11.3 Å². The second-order valence-corrected chi connectivity index (χ2v) is 4.99. The first kappa shape index (κ1) is 12.5. The zero-order valence-electron chi connectivity index (χ0n) is 10.5. The van der Waals surface area contributed by atoms with Crippen molar-refractivity contribution in [2.75, 3.05) is 6.54 Å². The van der Waals surface area contributed by atoms with Crippen molar-refractivity contribution < 1.29 is 5.11 Å². The predicted molar refractivity (Wildman–Crippen MR) is 68.8 cm³/mol. The van der Waals surface area contributed by atoms with Gasteiger partial charge in [0.05, 0.1) is 6.10 Å². The van der Waals surface area contributed by atoms with Crippen LogP contribution in [0.1, 0.15) is 49.5 Å². The number of aliphatic hydroxyl groups excluding tert-OH is 1. The summed E-state index contributed by atoms with van der Waals surface area (Å²) in [4.78, 5) is 4.21. The van der Waals surface area contributed by atoms with E-state index < -0.39 is 6.10 Å². The monoisotopic (exact) mass is 234 g/mol. The summed E-state index contributed by atoms with van der Waals surface area (Å²) < 4.78 is 0. The summed E-state index contributed by atoms with van der Waals surface area (Å²) in [6.07, 6.45) is 7.83. The molecule has 1 aromatic rings. The molecule has 1 fully saturated rings. The Morgan fingerprint density at radius 1 is 1.35 bits per heavy atom. The first-order valence-electron chi connectivity index (χ1n) is 6.60. The molecule has 3 nitrogen and oxygen atoms in total. The van der Waals surface area contributed by atoms with Gasteiger partial charge in [0.1, 0.15) is 0 Å². The molecule has 1 saturated carbocycles. The zero-order valence-corrected chi connectivity index (χ0v) is 10.5. The maximum absolute atomic E-state index is 10.0. The molecule has 1 aliphatic rings. The number of pyridine rings is 1. The molecule has 0 saturated heterocycles. The highest BCUT2D eigenvalue weighted by Crippen LogP contribution is 2.18. The van der Waals surface area contributed by atoms with Gasteiger partial charge < -0.3 is 10.4 Å². The standard InChI is InChI=1S/C14H22N2O/c1-11-7-8-12(9-15-11)14(17)10-16-13-5-3-2-4-6-13/h7-9,13-14,16-17H,2-6,10H2,1H3. The Morgan fingerprint density at radius 2 is 2.12 bits per heavy atom. The number of hydrogen-bond donors (Lipinski definition) is 2. The fraction of sp³-hybridized carbons (Fsp3) is 0.643. The first-order valence-corrected chi connectivity index (χ1v) is 6.60. The summed E-state index contributed by atoms with van der Waals surface area (Å²) in [7, 11) is 0. The maximum Gasteiger partial charge on any atom is 0.0929 e. The molecule has 0 bridgehead atoms. The molecule has 1 aliphatic carbocycles. The first-order chi connectivity index (χ1) is 8.25. The molecular weight excluding hydrogens is 212 g/mol. The minimum absolute atomic E-state index is 0.440. The zero-order chi connectivity index (χ0) is 12.1. The minimum atomic E-state index is -0.440. The lowest BCUT2D eigenvalue weighted by molar-refractivity contribution is 0.165. The number of nitrogens with one attached hydrogen (secondary N) is 1. The molecule has 0 radical (unpaired) electrons. The van der Waals surface area contributed by atoms with Crippen LogP contribution in [0.25, 0.3) is 0 Å². The van der Waals surface area contributed by atoms with Crippen LogP contribution in [0.15, 0.2) is 18.3 Å². The van der Waals surface area contributed by atoms with Crippen LogP contribution >= 0.6 is 0 Å². The number of aryl methyl sites for hydroxylation is 1. The van der Waals surface area contributed by atoms with Gasteiger partial charge in [-0.3, -0.25) is 4.98 Å². The lowest BCUT2D eigenvalue weighted by atomic mass is 9.95. The van der Waals surface area contributed by atoms with Gasteiger partial charge in [0.2, 0.25) is 0 Å². The fourth-order valence-corrected chi connectivity index (χ4v) is 2.38. The Hall–Kier alpha value is -0.930. The van der Waals surface area contributed by atoms with E-state index in [2.05, 4.69) is 10.3 Å². The highest BCUT2D eigenvalue weighted by molar-refractivity contribution is 5.15. The van der Waals surface area contributed by atoms with Crippen LogP contribution < -0.4 is 5.32 Å². The molecular formula is C14H22N2O. The summed E-state index contributed by atoms with van der Waals surface area (Å²) in [6, 6.07) is 4.49. The van der Waals surface area contributed by atoms with Crippen molar-refractivity contribution in [1.29, 1.82) is 0 Å². The number of nitrogens with zero attached hydrogens (tertiary/aromatic N) is 1. The van der Waals surface area contributed by atoms with E-state index >= 15 is 0 Å². The normalized spacial score (nSPS) is 19.2. The van der Waals surface area contributed by atoms with Crippen LogP contribution in [-0.2, 0) is 0 Å². The summed E-state index contributed by atoms with van der Waals surface area (Å²) >= 11 is 0. The molecule has 1 atom stereocenters. The van der Waals surface area contributed by atoms with Crippen molar-refractivity contribution in [3.63, 3.8) is 0 Å². The molecule has 2 rings (SSSR count). The molecule has 17 heavy (non-hydrogen) atoms. The summed E-state index contributed by atoms with van der Waals surface area (Å²) in [5.41, 5.74) is 1.89. The van der Waals surface area contributed by atoms with Gasteiger partial charge in [-0.25, -0.2) is 0 Å². The molecule has 3 heteroatoms. The summed E-state index contributed by atoms with van der Waals surface area (Å²) in [6.45, 7) is 2.59. The number of hydrogen-bond acceptors (Lipinski definition) is 3. The molecule has 1 aromatic heterocycles. The number of aromatic nitrogens is 1. The second-order valence-electron chi connectivity index (χ2n) is 4.99. The molecule has 0 amide bonds. The van der Waals surface area contributed by atoms with Gasteiger partial charge in [-0.05, 0) is 25.8 Å². The van der Waals surface area contributed by atoms with Gasteiger partial charge in [0, 0.05) is 30.0 Å². The van der Waals surface area contributed by atoms with Gasteiger partial charge in [-0.15, -0.1) is 0 Å². The van der Waals surface area contributed by atoms with Crippen molar-refractivity contribution in [2.24, 2.45) is 0 Å². The molecule has 94 valence electrons. The third-order valence-corrected chi connectivity index (χ3v) is 3.52. The predicted octanol–water partition coefficient (Wildman–Crippen LogP) is 2.35. The molecule has 2 N–H and O–H groups in total. The van der Waals surface area contributed by atoms with Crippen molar-refractivity contribution in [3.05, 3.63) is 29.6 Å². The Bertz CT molecular complexity index is 331. The summed E-state index contributed by atoms with van der Waals surface area (Å²) in [5.74, 6) is 0. The van der Waals surface area contributed by atoms with Crippen LogP contribution in [0, 0.1) is 6.92 Å². The van der Waals surface area contributed by atoms with Crippen LogP contribution in [0.3, 0.4) is 0 Å². The Morgan fingerprint density at radius 3 is 2.76 bits per heavy atom. The average Bonchev–Trinajstić information content (AvgIpc) is 2.38. The lowest BCUT2D eigenvalue weighted by Gasteiger charge is -2.24. The van der Waals surface area contributed by atoms with E-state index in [-0.39, 0.29) is 0 Å². The smallest absolute Gasteiger partial charge is 0.0929 e. The van der Waals surface area contributed by atoms with Gasteiger partial charge in [0.25, 0.3) is 0 Å². The average molecular weight is 234 g/mol. The third kappa shape index (κ3) is 3.79. The van der Waals surface area contributed by atoms with E-state index in [1.807, 2.05) is 19.1 Å². The van der Waals surface area contributed by atoms with Gasteiger partial charge in [0.15, 0.2) is 0 Å². The topological polar surface area (TPSA) is 45.1 Å². The van der Waals surface area contributed by atoms with Gasteiger partial charge in [-0.1, -0.05) is 25.3 Å². The van der Waals surface area contributed by atoms with Gasteiger partial charge in [-0.2, -0.15) is 0 Å². The Balaban J connectivity index is 1.80. The van der Waals surface area contributed by atoms with Crippen molar-refractivity contribution >= 4 is 0 Å². The molecule has 0 aromatic carbocycles. The van der Waals surface area contributed by atoms with Crippen molar-refractivity contribution in [2.45, 2.75) is 51.2 Å². The Kier molecular flexibility index (Phi) is 4.51. The van der Waals surface area contributed by atoms with Crippen LogP contribution in [0.5, 0.6) is 0 Å². The summed E-state index contributed by atoms with van der Waals surface area (Å²) in [5, 5.41) is 13.5. The van der Waals surface area contributed by atoms with Crippen molar-refractivity contribution in [1.82, 2.24) is 10.3 Å². The van der Waals surface area contributed by atoms with Crippen LogP contribution in [0.4, 0.5) is 0 Å². The lowest BCUT2D eigenvalue weighted by Crippen LogP contribution is -2.34. The molecule has 0 spiro atoms. The quantitative estimate of drug-likeness (QED) is 0.840. The molecule has 0 aliphatic heterocycles. The fourth-order valence-electron chi connectivity index (χ4n) is 2.38. The van der Waals surface area contributed by atoms with Crippen molar-refractivity contribution in [3.8, 4) is 0 Å². The molecule has 1 heterocycles. The third-order valence-electron chi connectivity index (χ3n) is 3.52. The molecule has 1 unspecified atom stereocenters. The van der Waals surface area contributed by atoms with E-state index in [1.165, 1.54) is 32.1 Å². The SMILES string of the molecule is Cc1ccc(C(O)CNC2CCCCC2)cn1. The largest absolute Gasteiger partial charge is 0.387 e. The number of rotatable bonds is 4. The maximum atomic E-state index is 10.0. The van der Waals surface area contributed by atoms with Gasteiger partial charge >= 0.3 is 0 Å². The Labute approximate surface area is 103 Å². The number of aliphatic hydroxyl groups is 1. The van der Waals surface area contributed by atoms with E-state index in [9.17, 15) is 5.11 Å². The van der Waals surface area contributed by atoms with E-state index in [1.54, 1.807) is 6.20 Å². The van der Waals surface area contributed by atoms with E-state index in [4.69, 9.17) is 0 Å². The van der Waals surface area contributed by atoms with E-state index in [0.29, 0.717) is 12.6 Å². The van der Waals surface area contributed by atoms with Crippen LogP contribution in [-0.4, -0.2) is 22.7 Å². The second kappa shape index (κ2) is 6.12. The van der Waals surface area contributed by atoms with Crippen LogP contribution in [0.2, 0.25) is 0 Å². The highest BCUT2D eigenvalue weighted by Gasteiger charge is 2.15.